The molecule has 0 saturated heterocycles. The first-order chi connectivity index (χ1) is 13.0. The van der Waals surface area contributed by atoms with Gasteiger partial charge in [0.25, 0.3) is 5.69 Å². The minimum atomic E-state index is -0.596. The lowest BCUT2D eigenvalue weighted by atomic mass is 10.1. The van der Waals surface area contributed by atoms with Gasteiger partial charge in [0.1, 0.15) is 0 Å². The van der Waals surface area contributed by atoms with Crippen molar-refractivity contribution in [2.75, 3.05) is 6.61 Å². The molecule has 0 saturated carbocycles. The number of ether oxygens (including phenoxy) is 1. The lowest BCUT2D eigenvalue weighted by Gasteiger charge is -2.07. The van der Waals surface area contributed by atoms with Gasteiger partial charge in [-0.1, -0.05) is 12.1 Å². The Kier molecular flexibility index (Phi) is 5.90. The number of non-ortho nitro benzene ring substituents is 1. The standard InChI is InChI=1S/C19H13NO5S2/c21-17(13-5-7-14(8-6-13)20(23)24)12-25-19(22)16(18-4-2-10-27-18)11-15-3-1-9-26-15/h1-11H,12H2. The molecule has 0 fully saturated rings. The molecule has 0 aliphatic heterocycles. The summed E-state index contributed by atoms with van der Waals surface area (Å²) in [6.07, 6.45) is 1.73. The molecular weight excluding hydrogens is 386 g/mol. The fourth-order valence-electron chi connectivity index (χ4n) is 2.24. The highest BCUT2D eigenvalue weighted by molar-refractivity contribution is 7.12. The van der Waals surface area contributed by atoms with E-state index in [9.17, 15) is 19.7 Å². The van der Waals surface area contributed by atoms with E-state index < -0.39 is 23.3 Å². The molecule has 1 aromatic carbocycles. The molecule has 3 rings (SSSR count). The Bertz CT molecular complexity index is 974. The van der Waals surface area contributed by atoms with Crippen molar-refractivity contribution in [3.05, 3.63) is 84.7 Å². The molecule has 0 unspecified atom stereocenters. The summed E-state index contributed by atoms with van der Waals surface area (Å²) in [4.78, 5) is 36.5. The Morgan fingerprint density at radius 2 is 1.74 bits per heavy atom. The number of nitrogens with zero attached hydrogens (tertiary/aromatic N) is 1. The molecular formula is C19H13NO5S2. The van der Waals surface area contributed by atoms with E-state index in [4.69, 9.17) is 4.74 Å². The van der Waals surface area contributed by atoms with Crippen LogP contribution in [0.1, 0.15) is 20.1 Å². The Labute approximate surface area is 162 Å². The summed E-state index contributed by atoms with van der Waals surface area (Å²) in [5.41, 5.74) is 0.514. The first-order valence-electron chi connectivity index (χ1n) is 7.78. The Balaban J connectivity index is 1.71. The van der Waals surface area contributed by atoms with E-state index in [-0.39, 0.29) is 11.3 Å². The van der Waals surface area contributed by atoms with Crippen molar-refractivity contribution >= 4 is 51.8 Å². The molecule has 0 radical (unpaired) electrons. The van der Waals surface area contributed by atoms with Gasteiger partial charge in [0.15, 0.2) is 12.4 Å². The molecule has 136 valence electrons. The van der Waals surface area contributed by atoms with Gasteiger partial charge in [-0.2, -0.15) is 0 Å². The van der Waals surface area contributed by atoms with E-state index in [1.165, 1.54) is 46.9 Å². The number of hydrogen-bond donors (Lipinski definition) is 0. The molecule has 2 heterocycles. The van der Waals surface area contributed by atoms with Crippen LogP contribution in [0.2, 0.25) is 0 Å². The SMILES string of the molecule is O=C(OCC(=O)c1ccc([N+](=O)[O-])cc1)C(=Cc1cccs1)c1cccs1. The fraction of sp³-hybridized carbons (Fsp3) is 0.0526. The first-order valence-corrected chi connectivity index (χ1v) is 9.54. The first kappa shape index (κ1) is 18.7. The summed E-state index contributed by atoms with van der Waals surface area (Å²) in [5.74, 6) is -1.03. The van der Waals surface area contributed by atoms with E-state index >= 15 is 0 Å². The van der Waals surface area contributed by atoms with Crippen molar-refractivity contribution in [3.63, 3.8) is 0 Å². The van der Waals surface area contributed by atoms with Gasteiger partial charge < -0.3 is 4.74 Å². The van der Waals surface area contributed by atoms with E-state index in [0.29, 0.717) is 5.57 Å². The molecule has 0 amide bonds. The van der Waals surface area contributed by atoms with Crippen molar-refractivity contribution in [1.82, 2.24) is 0 Å². The molecule has 0 aliphatic carbocycles. The monoisotopic (exact) mass is 399 g/mol. The average Bonchev–Trinajstić information content (AvgIpc) is 3.37. The van der Waals surface area contributed by atoms with Gasteiger partial charge in [0, 0.05) is 27.5 Å². The maximum absolute atomic E-state index is 12.5. The molecule has 2 aromatic heterocycles. The second kappa shape index (κ2) is 8.52. The third-order valence-corrected chi connectivity index (χ3v) is 5.29. The summed E-state index contributed by atoms with van der Waals surface area (Å²) in [7, 11) is 0. The van der Waals surface area contributed by atoms with Crippen LogP contribution in [0.15, 0.2) is 59.3 Å². The predicted octanol–water partition coefficient (Wildman–Crippen LogP) is 4.68. The second-order valence-corrected chi connectivity index (χ2v) is 7.28. The zero-order valence-electron chi connectivity index (χ0n) is 13.9. The highest BCUT2D eigenvalue weighted by Gasteiger charge is 2.18. The number of carbonyl (C=O) groups excluding carboxylic acids is 2. The van der Waals surface area contributed by atoms with Gasteiger partial charge in [0.2, 0.25) is 0 Å². The third kappa shape index (κ3) is 4.75. The van der Waals surface area contributed by atoms with Crippen LogP contribution >= 0.6 is 22.7 Å². The van der Waals surface area contributed by atoms with Crippen LogP contribution < -0.4 is 0 Å². The van der Waals surface area contributed by atoms with Crippen LogP contribution in [0.3, 0.4) is 0 Å². The molecule has 0 spiro atoms. The molecule has 8 heteroatoms. The molecule has 0 bridgehead atoms. The normalized spacial score (nSPS) is 11.2. The van der Waals surface area contributed by atoms with E-state index in [2.05, 4.69) is 0 Å². The Morgan fingerprint density at radius 1 is 1.04 bits per heavy atom. The number of Topliss-reactive ketones (excluding diaryl/α,β-unsaturated/α-hetero) is 1. The van der Waals surface area contributed by atoms with Crippen LogP contribution in [0.5, 0.6) is 0 Å². The van der Waals surface area contributed by atoms with Crippen LogP contribution in [0.4, 0.5) is 5.69 Å². The summed E-state index contributed by atoms with van der Waals surface area (Å²) in [6.45, 7) is -0.441. The summed E-state index contributed by atoms with van der Waals surface area (Å²) in [6, 6.07) is 12.6. The lowest BCUT2D eigenvalue weighted by molar-refractivity contribution is -0.384. The highest BCUT2D eigenvalue weighted by atomic mass is 32.1. The maximum atomic E-state index is 12.5. The zero-order chi connectivity index (χ0) is 19.2. The number of nitro groups is 1. The number of thiophene rings is 2. The molecule has 3 aromatic rings. The summed E-state index contributed by atoms with van der Waals surface area (Å²) < 4.78 is 5.19. The number of nitro benzene ring substituents is 1. The van der Waals surface area contributed by atoms with Gasteiger partial charge in [-0.25, -0.2) is 4.79 Å². The highest BCUT2D eigenvalue weighted by Crippen LogP contribution is 2.26. The Hall–Kier alpha value is -3.10. The van der Waals surface area contributed by atoms with E-state index in [1.54, 1.807) is 6.08 Å². The third-order valence-electron chi connectivity index (χ3n) is 3.57. The smallest absolute Gasteiger partial charge is 0.340 e. The Morgan fingerprint density at radius 3 is 2.33 bits per heavy atom. The minimum Gasteiger partial charge on any atom is -0.454 e. The van der Waals surface area contributed by atoms with Crippen LogP contribution in [-0.2, 0) is 9.53 Å². The number of benzene rings is 1. The van der Waals surface area contributed by atoms with Crippen molar-refractivity contribution < 1.29 is 19.2 Å². The minimum absolute atomic E-state index is 0.109. The van der Waals surface area contributed by atoms with Crippen molar-refractivity contribution in [3.8, 4) is 0 Å². The molecule has 0 atom stereocenters. The second-order valence-electron chi connectivity index (χ2n) is 5.35. The van der Waals surface area contributed by atoms with Crippen molar-refractivity contribution in [2.45, 2.75) is 0 Å². The maximum Gasteiger partial charge on any atom is 0.340 e. The number of carbonyl (C=O) groups is 2. The number of hydrogen-bond acceptors (Lipinski definition) is 7. The predicted molar refractivity (Wildman–Crippen MR) is 105 cm³/mol. The number of esters is 1. The average molecular weight is 399 g/mol. The van der Waals surface area contributed by atoms with E-state index in [0.717, 1.165) is 9.75 Å². The quantitative estimate of drug-likeness (QED) is 0.189. The zero-order valence-corrected chi connectivity index (χ0v) is 15.5. The molecule has 6 nitrogen and oxygen atoms in total. The van der Waals surface area contributed by atoms with Gasteiger partial charge in [-0.15, -0.1) is 22.7 Å². The van der Waals surface area contributed by atoms with Crippen LogP contribution in [-0.4, -0.2) is 23.3 Å². The van der Waals surface area contributed by atoms with E-state index in [1.807, 2.05) is 35.0 Å². The molecule has 27 heavy (non-hydrogen) atoms. The number of rotatable bonds is 7. The fourth-order valence-corrected chi connectivity index (χ4v) is 3.63. The molecule has 0 aliphatic rings. The van der Waals surface area contributed by atoms with Crippen molar-refractivity contribution in [1.29, 1.82) is 0 Å². The van der Waals surface area contributed by atoms with Crippen LogP contribution in [0.25, 0.3) is 11.6 Å². The van der Waals surface area contributed by atoms with Gasteiger partial charge >= 0.3 is 5.97 Å². The van der Waals surface area contributed by atoms with Gasteiger partial charge in [-0.05, 0) is 41.1 Å². The molecule has 0 N–H and O–H groups in total. The summed E-state index contributed by atoms with van der Waals surface area (Å²) >= 11 is 2.89. The van der Waals surface area contributed by atoms with Crippen LogP contribution in [0, 0.1) is 10.1 Å². The summed E-state index contributed by atoms with van der Waals surface area (Å²) in [5, 5.41) is 14.4. The van der Waals surface area contributed by atoms with Gasteiger partial charge in [0.05, 0.1) is 10.5 Å². The number of ketones is 1. The topological polar surface area (TPSA) is 86.5 Å². The van der Waals surface area contributed by atoms with Crippen molar-refractivity contribution in [2.24, 2.45) is 0 Å². The van der Waals surface area contributed by atoms with Gasteiger partial charge in [-0.3, -0.25) is 14.9 Å². The lowest BCUT2D eigenvalue weighted by Crippen LogP contribution is -2.15. The largest absolute Gasteiger partial charge is 0.454 e.